The van der Waals surface area contributed by atoms with Crippen molar-refractivity contribution in [1.29, 1.82) is 0 Å². The molecule has 0 aromatic heterocycles. The molecule has 0 bridgehead atoms. The van der Waals surface area contributed by atoms with Crippen molar-refractivity contribution in [2.75, 3.05) is 0 Å². The van der Waals surface area contributed by atoms with Crippen LogP contribution in [0.2, 0.25) is 0 Å². The molecule has 0 aromatic rings. The molecule has 62 valence electrons. The normalized spacial score (nSPS) is 19.3. The highest BCUT2D eigenvalue weighted by molar-refractivity contribution is 5.71. The molecule has 2 heteroatoms. The number of carbonyl (C=O) groups excluding carboxylic acids is 1. The van der Waals surface area contributed by atoms with Crippen molar-refractivity contribution in [3.8, 4) is 0 Å². The fourth-order valence-corrected chi connectivity index (χ4v) is 1.54. The lowest BCUT2D eigenvalue weighted by atomic mass is 9.95. The summed E-state index contributed by atoms with van der Waals surface area (Å²) in [5, 5.41) is 3.11. The van der Waals surface area contributed by atoms with Gasteiger partial charge in [-0.05, 0) is 12.8 Å². The predicted octanol–water partition coefficient (Wildman–Crippen LogP) is 1.62. The molecule has 1 saturated carbocycles. The van der Waals surface area contributed by atoms with Gasteiger partial charge in [-0.25, -0.2) is 0 Å². The second kappa shape index (κ2) is 4.16. The summed E-state index contributed by atoms with van der Waals surface area (Å²) in [7, 11) is 0. The molecular formula is C9H15NO. The first kappa shape index (κ1) is 8.31. The summed E-state index contributed by atoms with van der Waals surface area (Å²) in [6.07, 6.45) is 7.06. The molecule has 0 aliphatic heterocycles. The second-order valence-electron chi connectivity index (χ2n) is 3.12. The van der Waals surface area contributed by atoms with E-state index in [9.17, 15) is 4.79 Å². The molecule has 2 nitrogen and oxygen atoms in total. The summed E-state index contributed by atoms with van der Waals surface area (Å²) in [4.78, 5) is 10.2. The third kappa shape index (κ3) is 2.74. The smallest absolute Gasteiger partial charge is 0.165 e. The van der Waals surface area contributed by atoms with Gasteiger partial charge in [-0.1, -0.05) is 25.8 Å². The molecule has 1 rings (SSSR count). The molecule has 0 spiro atoms. The van der Waals surface area contributed by atoms with Crippen LogP contribution in [0.1, 0.15) is 32.1 Å². The van der Waals surface area contributed by atoms with Crippen LogP contribution in [0.5, 0.6) is 0 Å². The quantitative estimate of drug-likeness (QED) is 0.493. The van der Waals surface area contributed by atoms with E-state index in [-0.39, 0.29) is 0 Å². The van der Waals surface area contributed by atoms with E-state index in [0.29, 0.717) is 11.7 Å². The maximum atomic E-state index is 10.2. The van der Waals surface area contributed by atoms with E-state index in [2.05, 4.69) is 11.9 Å². The van der Waals surface area contributed by atoms with Crippen molar-refractivity contribution in [3.05, 3.63) is 12.3 Å². The van der Waals surface area contributed by atoms with E-state index in [1.54, 1.807) is 0 Å². The number of carbonyl (C=O) groups is 1. The van der Waals surface area contributed by atoms with Gasteiger partial charge in [0, 0.05) is 6.04 Å². The second-order valence-corrected chi connectivity index (χ2v) is 3.12. The van der Waals surface area contributed by atoms with Gasteiger partial charge >= 0.3 is 0 Å². The highest BCUT2D eigenvalue weighted by Crippen LogP contribution is 2.17. The van der Waals surface area contributed by atoms with E-state index < -0.39 is 0 Å². The molecule has 0 aromatic carbocycles. The predicted molar refractivity (Wildman–Crippen MR) is 45.2 cm³/mol. The number of rotatable bonds is 3. The Morgan fingerprint density at radius 2 is 2.00 bits per heavy atom. The van der Waals surface area contributed by atoms with Crippen molar-refractivity contribution in [2.45, 2.75) is 38.1 Å². The number of nitrogens with one attached hydrogen (secondary N) is 1. The van der Waals surface area contributed by atoms with Crippen LogP contribution >= 0.6 is 0 Å². The molecule has 1 aliphatic carbocycles. The average molecular weight is 153 g/mol. The average Bonchev–Trinajstić information content (AvgIpc) is 2.06. The minimum atomic E-state index is 0.501. The maximum Gasteiger partial charge on any atom is 0.165 e. The molecule has 1 aliphatic rings. The molecule has 0 unspecified atom stereocenters. The van der Waals surface area contributed by atoms with Crippen LogP contribution < -0.4 is 5.32 Å². The summed E-state index contributed by atoms with van der Waals surface area (Å²) in [6.45, 7) is 3.59. The first-order valence-corrected chi connectivity index (χ1v) is 4.23. The SMILES string of the molecule is C=C(C=O)NC1CCCCC1. The molecule has 0 amide bonds. The molecule has 1 N–H and O–H groups in total. The largest absolute Gasteiger partial charge is 0.380 e. The summed E-state index contributed by atoms with van der Waals surface area (Å²) in [5.74, 6) is 0. The molecule has 0 saturated heterocycles. The van der Waals surface area contributed by atoms with E-state index in [0.717, 1.165) is 6.29 Å². The van der Waals surface area contributed by atoms with Crippen LogP contribution in [0.4, 0.5) is 0 Å². The standard InChI is InChI=1S/C9H15NO/c1-8(7-11)10-9-5-3-2-4-6-9/h7,9-10H,1-6H2. The van der Waals surface area contributed by atoms with Gasteiger partial charge in [0.15, 0.2) is 6.29 Å². The fraction of sp³-hybridized carbons (Fsp3) is 0.667. The van der Waals surface area contributed by atoms with Gasteiger partial charge in [-0.3, -0.25) is 4.79 Å². The van der Waals surface area contributed by atoms with Crippen molar-refractivity contribution in [3.63, 3.8) is 0 Å². The lowest BCUT2D eigenvalue weighted by Crippen LogP contribution is -2.30. The van der Waals surface area contributed by atoms with Crippen molar-refractivity contribution < 1.29 is 4.79 Å². The molecule has 0 heterocycles. The molecule has 0 atom stereocenters. The zero-order valence-corrected chi connectivity index (χ0v) is 6.81. The van der Waals surface area contributed by atoms with E-state index >= 15 is 0 Å². The van der Waals surface area contributed by atoms with Crippen LogP contribution in [-0.4, -0.2) is 12.3 Å². The van der Waals surface area contributed by atoms with Crippen LogP contribution in [0.25, 0.3) is 0 Å². The number of allylic oxidation sites excluding steroid dienone is 1. The minimum Gasteiger partial charge on any atom is -0.380 e. The monoisotopic (exact) mass is 153 g/mol. The topological polar surface area (TPSA) is 29.1 Å². The summed E-state index contributed by atoms with van der Waals surface area (Å²) < 4.78 is 0. The fourth-order valence-electron chi connectivity index (χ4n) is 1.54. The maximum absolute atomic E-state index is 10.2. The Morgan fingerprint density at radius 1 is 1.36 bits per heavy atom. The van der Waals surface area contributed by atoms with Crippen LogP contribution in [0.15, 0.2) is 12.3 Å². The minimum absolute atomic E-state index is 0.501. The van der Waals surface area contributed by atoms with E-state index in [1.165, 1.54) is 32.1 Å². The Labute approximate surface area is 67.7 Å². The Kier molecular flexibility index (Phi) is 3.14. The first-order valence-electron chi connectivity index (χ1n) is 4.23. The first-order chi connectivity index (χ1) is 5.33. The van der Waals surface area contributed by atoms with Gasteiger partial charge in [-0.15, -0.1) is 0 Å². The lowest BCUT2D eigenvalue weighted by Gasteiger charge is -2.23. The highest BCUT2D eigenvalue weighted by Gasteiger charge is 2.12. The summed E-state index contributed by atoms with van der Waals surface area (Å²) in [6, 6.07) is 0.501. The van der Waals surface area contributed by atoms with Gasteiger partial charge in [0.25, 0.3) is 0 Å². The van der Waals surface area contributed by atoms with Gasteiger partial charge in [0.1, 0.15) is 0 Å². The third-order valence-electron chi connectivity index (χ3n) is 2.14. The van der Waals surface area contributed by atoms with Crippen LogP contribution in [0, 0.1) is 0 Å². The molecule has 0 radical (unpaired) electrons. The summed E-state index contributed by atoms with van der Waals surface area (Å²) in [5.41, 5.74) is 0.525. The van der Waals surface area contributed by atoms with E-state index in [4.69, 9.17) is 0 Å². The summed E-state index contributed by atoms with van der Waals surface area (Å²) >= 11 is 0. The number of hydrogen-bond acceptors (Lipinski definition) is 2. The van der Waals surface area contributed by atoms with Gasteiger partial charge in [0.2, 0.25) is 0 Å². The Hall–Kier alpha value is -0.790. The molecule has 1 fully saturated rings. The molecule has 11 heavy (non-hydrogen) atoms. The lowest BCUT2D eigenvalue weighted by molar-refractivity contribution is -0.105. The Morgan fingerprint density at radius 3 is 2.55 bits per heavy atom. The number of aldehydes is 1. The number of hydrogen-bond donors (Lipinski definition) is 1. The molecular weight excluding hydrogens is 138 g/mol. The van der Waals surface area contributed by atoms with Gasteiger partial charge in [-0.2, -0.15) is 0 Å². The zero-order chi connectivity index (χ0) is 8.10. The Balaban J connectivity index is 2.24. The van der Waals surface area contributed by atoms with Crippen molar-refractivity contribution in [2.24, 2.45) is 0 Å². The van der Waals surface area contributed by atoms with Crippen molar-refractivity contribution in [1.82, 2.24) is 5.32 Å². The van der Waals surface area contributed by atoms with Crippen LogP contribution in [0.3, 0.4) is 0 Å². The van der Waals surface area contributed by atoms with E-state index in [1.807, 2.05) is 0 Å². The highest BCUT2D eigenvalue weighted by atomic mass is 16.1. The van der Waals surface area contributed by atoms with Crippen molar-refractivity contribution >= 4 is 6.29 Å². The van der Waals surface area contributed by atoms with Gasteiger partial charge in [0.05, 0.1) is 5.70 Å². The zero-order valence-electron chi connectivity index (χ0n) is 6.81. The third-order valence-corrected chi connectivity index (χ3v) is 2.14. The van der Waals surface area contributed by atoms with Crippen LogP contribution in [-0.2, 0) is 4.79 Å². The van der Waals surface area contributed by atoms with Gasteiger partial charge < -0.3 is 5.32 Å². The Bertz CT molecular complexity index is 148.